The standard InChI is InChI=1S/C21H24N2O8S2/c1-32(26,27)16-6-2-14(3-7-16)31-15-4-8-17(9-5-15)33(28,29)23-12-10-19-18(11-13-30-19)20(23)21(24)22-25/h2-9,18-20,25H,10-13H2,1H3,(H,22,24)/t18-,19-,20+/m0/s1. The third-order valence-electron chi connectivity index (χ3n) is 5.91. The number of nitrogens with zero attached hydrogens (tertiary/aromatic N) is 1. The summed E-state index contributed by atoms with van der Waals surface area (Å²) in [6, 6.07) is 10.5. The molecule has 0 aliphatic carbocycles. The van der Waals surface area contributed by atoms with Crippen LogP contribution in [0.3, 0.4) is 0 Å². The average Bonchev–Trinajstić information content (AvgIpc) is 3.27. The van der Waals surface area contributed by atoms with Gasteiger partial charge in [-0.25, -0.2) is 22.3 Å². The maximum atomic E-state index is 13.3. The van der Waals surface area contributed by atoms with E-state index in [9.17, 15) is 26.8 Å². The number of piperidine rings is 1. The topological polar surface area (TPSA) is 139 Å². The van der Waals surface area contributed by atoms with Crippen molar-refractivity contribution in [2.45, 2.75) is 34.8 Å². The summed E-state index contributed by atoms with van der Waals surface area (Å²) in [6.45, 7) is 0.530. The summed E-state index contributed by atoms with van der Waals surface area (Å²) in [6.07, 6.45) is 1.88. The molecule has 2 aliphatic rings. The van der Waals surface area contributed by atoms with E-state index in [0.29, 0.717) is 30.9 Å². The minimum absolute atomic E-state index is 0.0182. The minimum atomic E-state index is -4.03. The van der Waals surface area contributed by atoms with Gasteiger partial charge in [-0.3, -0.25) is 10.0 Å². The predicted octanol–water partition coefficient (Wildman–Crippen LogP) is 1.56. The number of sulfonamides is 1. The summed E-state index contributed by atoms with van der Waals surface area (Å²) in [5, 5.41) is 9.19. The first-order valence-corrected chi connectivity index (χ1v) is 13.6. The van der Waals surface area contributed by atoms with Gasteiger partial charge in [-0.2, -0.15) is 4.31 Å². The van der Waals surface area contributed by atoms with Gasteiger partial charge in [-0.05, 0) is 61.4 Å². The Morgan fingerprint density at radius 1 is 1.00 bits per heavy atom. The summed E-state index contributed by atoms with van der Waals surface area (Å²) in [4.78, 5) is 12.5. The van der Waals surface area contributed by atoms with Gasteiger partial charge in [0.25, 0.3) is 5.91 Å². The molecule has 2 saturated heterocycles. The molecule has 0 saturated carbocycles. The first-order chi connectivity index (χ1) is 15.6. The molecular formula is C21H24N2O8S2. The maximum Gasteiger partial charge on any atom is 0.262 e. The molecule has 10 nitrogen and oxygen atoms in total. The summed E-state index contributed by atoms with van der Waals surface area (Å²) >= 11 is 0. The van der Waals surface area contributed by atoms with Crippen LogP contribution in [0.2, 0.25) is 0 Å². The van der Waals surface area contributed by atoms with Crippen molar-refractivity contribution in [2.24, 2.45) is 5.92 Å². The Morgan fingerprint density at radius 2 is 1.58 bits per heavy atom. The smallest absolute Gasteiger partial charge is 0.262 e. The largest absolute Gasteiger partial charge is 0.457 e. The van der Waals surface area contributed by atoms with E-state index in [1.165, 1.54) is 48.5 Å². The van der Waals surface area contributed by atoms with Crippen molar-refractivity contribution in [2.75, 3.05) is 19.4 Å². The minimum Gasteiger partial charge on any atom is -0.457 e. The van der Waals surface area contributed by atoms with Gasteiger partial charge in [0.2, 0.25) is 10.0 Å². The van der Waals surface area contributed by atoms with Crippen LogP contribution in [-0.2, 0) is 29.4 Å². The normalized spacial score (nSPS) is 23.6. The molecule has 0 radical (unpaired) electrons. The zero-order valence-corrected chi connectivity index (χ0v) is 19.4. The van der Waals surface area contributed by atoms with E-state index >= 15 is 0 Å². The van der Waals surface area contributed by atoms with Gasteiger partial charge in [-0.1, -0.05) is 0 Å². The summed E-state index contributed by atoms with van der Waals surface area (Å²) in [5.41, 5.74) is 1.59. The summed E-state index contributed by atoms with van der Waals surface area (Å²) in [7, 11) is -7.36. The fraction of sp³-hybridized carbons (Fsp3) is 0.381. The number of benzene rings is 2. The van der Waals surface area contributed by atoms with Crippen molar-refractivity contribution in [3.8, 4) is 11.5 Å². The number of nitrogens with one attached hydrogen (secondary N) is 1. The monoisotopic (exact) mass is 496 g/mol. The number of fused-ring (bicyclic) bond motifs is 1. The Balaban J connectivity index is 1.54. The number of rotatable bonds is 6. The molecule has 12 heteroatoms. The Morgan fingerprint density at radius 3 is 2.12 bits per heavy atom. The molecule has 2 aromatic rings. The summed E-state index contributed by atoms with van der Waals surface area (Å²) in [5.74, 6) is -0.371. The molecule has 4 rings (SSSR count). The van der Waals surface area contributed by atoms with Crippen LogP contribution in [0, 0.1) is 5.92 Å². The van der Waals surface area contributed by atoms with Gasteiger partial charge in [0.1, 0.15) is 17.5 Å². The van der Waals surface area contributed by atoms with Gasteiger partial charge in [0.05, 0.1) is 15.9 Å². The van der Waals surface area contributed by atoms with Crippen molar-refractivity contribution in [3.63, 3.8) is 0 Å². The molecule has 178 valence electrons. The number of hydrogen-bond donors (Lipinski definition) is 2. The van der Waals surface area contributed by atoms with Crippen molar-refractivity contribution < 1.29 is 36.3 Å². The van der Waals surface area contributed by atoms with E-state index in [1.54, 1.807) is 5.48 Å². The molecular weight excluding hydrogens is 472 g/mol. The van der Waals surface area contributed by atoms with Crippen molar-refractivity contribution in [3.05, 3.63) is 48.5 Å². The average molecular weight is 497 g/mol. The molecule has 2 fully saturated rings. The molecule has 0 spiro atoms. The zero-order valence-electron chi connectivity index (χ0n) is 17.7. The number of carbonyl (C=O) groups excluding carboxylic acids is 1. The van der Waals surface area contributed by atoms with Crippen molar-refractivity contribution in [1.29, 1.82) is 0 Å². The van der Waals surface area contributed by atoms with E-state index in [-0.39, 0.29) is 28.4 Å². The second-order valence-electron chi connectivity index (χ2n) is 8.00. The van der Waals surface area contributed by atoms with Gasteiger partial charge in [-0.15, -0.1) is 0 Å². The highest BCUT2D eigenvalue weighted by molar-refractivity contribution is 7.90. The number of hydrogen-bond acceptors (Lipinski definition) is 8. The number of carbonyl (C=O) groups is 1. The molecule has 0 unspecified atom stereocenters. The molecule has 1 amide bonds. The van der Waals surface area contributed by atoms with E-state index < -0.39 is 31.8 Å². The van der Waals surface area contributed by atoms with Crippen LogP contribution in [0.1, 0.15) is 12.8 Å². The van der Waals surface area contributed by atoms with Gasteiger partial charge in [0, 0.05) is 25.3 Å². The predicted molar refractivity (Wildman–Crippen MR) is 116 cm³/mol. The molecule has 2 aliphatic heterocycles. The molecule has 3 atom stereocenters. The van der Waals surface area contributed by atoms with Crippen LogP contribution in [0.4, 0.5) is 0 Å². The highest BCUT2D eigenvalue weighted by atomic mass is 32.2. The highest BCUT2D eigenvalue weighted by Gasteiger charge is 2.49. The van der Waals surface area contributed by atoms with Crippen LogP contribution < -0.4 is 10.2 Å². The van der Waals surface area contributed by atoms with Crippen LogP contribution in [-0.4, -0.2) is 63.8 Å². The summed E-state index contributed by atoms with van der Waals surface area (Å²) < 4.78 is 62.2. The lowest BCUT2D eigenvalue weighted by Crippen LogP contribution is -2.58. The Hall–Kier alpha value is -2.51. The second kappa shape index (κ2) is 9.03. The van der Waals surface area contributed by atoms with Gasteiger partial charge < -0.3 is 9.47 Å². The number of hydroxylamine groups is 1. The molecule has 33 heavy (non-hydrogen) atoms. The SMILES string of the molecule is CS(=O)(=O)c1ccc(Oc2ccc(S(=O)(=O)N3CC[C@@H]4OCC[C@@H]4[C@@H]3C(=O)NO)cc2)cc1. The zero-order chi connectivity index (χ0) is 23.8. The lowest BCUT2D eigenvalue weighted by molar-refractivity contribution is -0.137. The van der Waals surface area contributed by atoms with Crippen molar-refractivity contribution >= 4 is 25.8 Å². The van der Waals surface area contributed by atoms with E-state index in [1.807, 2.05) is 0 Å². The molecule has 2 N–H and O–H groups in total. The van der Waals surface area contributed by atoms with Crippen LogP contribution in [0.25, 0.3) is 0 Å². The van der Waals surface area contributed by atoms with E-state index in [0.717, 1.165) is 10.6 Å². The number of sulfone groups is 1. The third-order valence-corrected chi connectivity index (χ3v) is 8.93. The van der Waals surface area contributed by atoms with Crippen LogP contribution in [0.15, 0.2) is 58.3 Å². The maximum absolute atomic E-state index is 13.3. The highest BCUT2D eigenvalue weighted by Crippen LogP contribution is 2.37. The Labute approximate surface area is 192 Å². The fourth-order valence-corrected chi connectivity index (χ4v) is 6.58. The third kappa shape index (κ3) is 4.75. The Bertz CT molecular complexity index is 1230. The second-order valence-corrected chi connectivity index (χ2v) is 11.9. The Kier molecular flexibility index (Phi) is 6.47. The number of ether oxygens (including phenoxy) is 2. The van der Waals surface area contributed by atoms with E-state index in [4.69, 9.17) is 9.47 Å². The lowest BCUT2D eigenvalue weighted by atomic mass is 9.87. The molecule has 2 heterocycles. The van der Waals surface area contributed by atoms with E-state index in [2.05, 4.69) is 0 Å². The lowest BCUT2D eigenvalue weighted by Gasteiger charge is -2.39. The molecule has 0 bridgehead atoms. The fourth-order valence-electron chi connectivity index (χ4n) is 4.30. The van der Waals surface area contributed by atoms with Crippen LogP contribution >= 0.6 is 0 Å². The van der Waals surface area contributed by atoms with Gasteiger partial charge in [0.15, 0.2) is 9.84 Å². The molecule has 0 aromatic heterocycles. The first kappa shape index (κ1) is 23.6. The van der Waals surface area contributed by atoms with Crippen LogP contribution in [0.5, 0.6) is 11.5 Å². The molecule has 2 aromatic carbocycles. The quantitative estimate of drug-likeness (QED) is 0.454. The number of amides is 1. The van der Waals surface area contributed by atoms with Gasteiger partial charge >= 0.3 is 0 Å². The first-order valence-electron chi connectivity index (χ1n) is 10.3. The van der Waals surface area contributed by atoms with Crippen molar-refractivity contribution in [1.82, 2.24) is 9.79 Å².